The summed E-state index contributed by atoms with van der Waals surface area (Å²) in [5.41, 5.74) is 0.586. The summed E-state index contributed by atoms with van der Waals surface area (Å²) < 4.78 is 18.7. The largest absolute Gasteiger partial charge is 0.458 e. The number of aryl methyl sites for hydroxylation is 1. The lowest BCUT2D eigenvalue weighted by Crippen LogP contribution is -1.93. The van der Waals surface area contributed by atoms with Crippen LogP contribution in [0.2, 0.25) is 0 Å². The highest BCUT2D eigenvalue weighted by molar-refractivity contribution is 7.12. The molecule has 0 aliphatic heterocycles. The Kier molecular flexibility index (Phi) is 3.12. The lowest BCUT2D eigenvalue weighted by Gasteiger charge is -2.03. The maximum absolute atomic E-state index is 13.1. The molecule has 0 amide bonds. The monoisotopic (exact) mass is 276 g/mol. The first-order chi connectivity index (χ1) is 9.17. The number of rotatable bonds is 3. The molecule has 0 fully saturated rings. The topological polar surface area (TPSA) is 33.4 Å². The number of hydrogen-bond donors (Lipinski definition) is 1. The molecule has 0 saturated heterocycles. The smallest absolute Gasteiger partial charge is 0.146 e. The average molecular weight is 276 g/mol. The van der Waals surface area contributed by atoms with Crippen molar-refractivity contribution < 1.29 is 13.9 Å². The van der Waals surface area contributed by atoms with Crippen LogP contribution >= 0.6 is 11.3 Å². The van der Waals surface area contributed by atoms with Crippen LogP contribution in [-0.4, -0.2) is 5.11 Å². The van der Waals surface area contributed by atoms with Gasteiger partial charge < -0.3 is 9.52 Å². The van der Waals surface area contributed by atoms with E-state index in [2.05, 4.69) is 6.92 Å². The van der Waals surface area contributed by atoms with E-state index >= 15 is 0 Å². The second kappa shape index (κ2) is 4.79. The fourth-order valence-electron chi connectivity index (χ4n) is 2.04. The standard InChI is InChI=1S/C15H13FO2S/c1-2-11-4-6-14(19-11)15(17)13-8-9-7-10(16)3-5-12(9)18-13/h3-8,15,17H,2H2,1H3. The molecule has 1 unspecified atom stereocenters. The van der Waals surface area contributed by atoms with Gasteiger partial charge in [-0.2, -0.15) is 0 Å². The lowest BCUT2D eigenvalue weighted by atomic mass is 10.2. The number of hydrogen-bond acceptors (Lipinski definition) is 3. The lowest BCUT2D eigenvalue weighted by molar-refractivity contribution is 0.196. The fraction of sp³-hybridized carbons (Fsp3) is 0.200. The van der Waals surface area contributed by atoms with E-state index in [9.17, 15) is 9.50 Å². The van der Waals surface area contributed by atoms with E-state index in [0.717, 1.165) is 11.3 Å². The number of halogens is 1. The van der Waals surface area contributed by atoms with Gasteiger partial charge in [-0.15, -0.1) is 11.3 Å². The molecule has 2 nitrogen and oxygen atoms in total. The third-order valence-corrected chi connectivity index (χ3v) is 4.35. The molecule has 0 aliphatic rings. The predicted molar refractivity (Wildman–Crippen MR) is 73.9 cm³/mol. The quantitative estimate of drug-likeness (QED) is 0.774. The zero-order valence-corrected chi connectivity index (χ0v) is 11.2. The maximum atomic E-state index is 13.1. The summed E-state index contributed by atoms with van der Waals surface area (Å²) in [5.74, 6) is 0.142. The van der Waals surface area contributed by atoms with Gasteiger partial charge in [0, 0.05) is 15.1 Å². The fourth-order valence-corrected chi connectivity index (χ4v) is 2.99. The second-order valence-corrected chi connectivity index (χ2v) is 5.59. The molecular formula is C15H13FO2S. The Balaban J connectivity index is 1.98. The van der Waals surface area contributed by atoms with Crippen molar-refractivity contribution in [3.63, 3.8) is 0 Å². The Morgan fingerprint density at radius 3 is 2.84 bits per heavy atom. The van der Waals surface area contributed by atoms with Crippen LogP contribution < -0.4 is 0 Å². The Labute approximate surface area is 114 Å². The third kappa shape index (κ3) is 2.29. The molecule has 0 bridgehead atoms. The summed E-state index contributed by atoms with van der Waals surface area (Å²) >= 11 is 1.56. The summed E-state index contributed by atoms with van der Waals surface area (Å²) in [5, 5.41) is 11.0. The average Bonchev–Trinajstić information content (AvgIpc) is 3.03. The van der Waals surface area contributed by atoms with Crippen LogP contribution in [0.15, 0.2) is 40.8 Å². The van der Waals surface area contributed by atoms with Crippen LogP contribution in [0.1, 0.15) is 28.5 Å². The van der Waals surface area contributed by atoms with Crippen molar-refractivity contribution in [3.8, 4) is 0 Å². The van der Waals surface area contributed by atoms with Crippen LogP contribution in [0.25, 0.3) is 11.0 Å². The van der Waals surface area contributed by atoms with Crippen molar-refractivity contribution in [2.75, 3.05) is 0 Å². The molecule has 0 aliphatic carbocycles. The van der Waals surface area contributed by atoms with Gasteiger partial charge in [-0.3, -0.25) is 0 Å². The van der Waals surface area contributed by atoms with E-state index < -0.39 is 6.10 Å². The minimum atomic E-state index is -0.791. The molecule has 2 aromatic heterocycles. The second-order valence-electron chi connectivity index (χ2n) is 4.39. The van der Waals surface area contributed by atoms with Crippen molar-refractivity contribution >= 4 is 22.3 Å². The predicted octanol–water partition coefficient (Wildman–Crippen LogP) is 4.28. The van der Waals surface area contributed by atoms with Gasteiger partial charge in [0.05, 0.1) is 0 Å². The first-order valence-electron chi connectivity index (χ1n) is 6.13. The number of aliphatic hydroxyl groups is 1. The zero-order valence-electron chi connectivity index (χ0n) is 10.4. The molecular weight excluding hydrogens is 263 g/mol. The molecule has 0 saturated carbocycles. The van der Waals surface area contributed by atoms with E-state index in [4.69, 9.17) is 4.42 Å². The van der Waals surface area contributed by atoms with Crippen LogP contribution in [0, 0.1) is 5.82 Å². The van der Waals surface area contributed by atoms with E-state index in [1.807, 2.05) is 12.1 Å². The number of fused-ring (bicyclic) bond motifs is 1. The molecule has 1 atom stereocenters. The van der Waals surface area contributed by atoms with Gasteiger partial charge in [-0.1, -0.05) is 6.92 Å². The Morgan fingerprint density at radius 1 is 1.26 bits per heavy atom. The Hall–Kier alpha value is -1.65. The normalized spacial score (nSPS) is 13.0. The maximum Gasteiger partial charge on any atom is 0.146 e. The Morgan fingerprint density at radius 2 is 2.11 bits per heavy atom. The Bertz CT molecular complexity index is 714. The van der Waals surface area contributed by atoms with Crippen molar-refractivity contribution in [2.45, 2.75) is 19.4 Å². The van der Waals surface area contributed by atoms with E-state index in [0.29, 0.717) is 16.7 Å². The molecule has 3 rings (SSSR count). The summed E-state index contributed by atoms with van der Waals surface area (Å²) in [6, 6.07) is 9.93. The van der Waals surface area contributed by atoms with Gasteiger partial charge in [0.15, 0.2) is 0 Å². The first-order valence-corrected chi connectivity index (χ1v) is 6.94. The van der Waals surface area contributed by atoms with Crippen LogP contribution in [0.3, 0.4) is 0 Å². The molecule has 2 heterocycles. The van der Waals surface area contributed by atoms with Gasteiger partial charge in [-0.25, -0.2) is 4.39 Å². The molecule has 19 heavy (non-hydrogen) atoms. The van der Waals surface area contributed by atoms with Crippen LogP contribution in [-0.2, 0) is 6.42 Å². The molecule has 4 heteroatoms. The molecule has 1 N–H and O–H groups in total. The van der Waals surface area contributed by atoms with Gasteiger partial charge in [-0.05, 0) is 42.8 Å². The molecule has 98 valence electrons. The number of thiophene rings is 1. The highest BCUT2D eigenvalue weighted by Crippen LogP contribution is 2.32. The van der Waals surface area contributed by atoms with Crippen LogP contribution in [0.4, 0.5) is 4.39 Å². The van der Waals surface area contributed by atoms with Crippen molar-refractivity contribution in [1.29, 1.82) is 0 Å². The van der Waals surface area contributed by atoms with E-state index in [1.165, 1.54) is 17.0 Å². The van der Waals surface area contributed by atoms with Gasteiger partial charge >= 0.3 is 0 Å². The minimum absolute atomic E-state index is 0.307. The third-order valence-electron chi connectivity index (χ3n) is 3.07. The molecule has 1 aromatic carbocycles. The van der Waals surface area contributed by atoms with Gasteiger partial charge in [0.2, 0.25) is 0 Å². The molecule has 0 spiro atoms. The highest BCUT2D eigenvalue weighted by atomic mass is 32.1. The number of benzene rings is 1. The summed E-state index contributed by atoms with van der Waals surface area (Å²) in [4.78, 5) is 2.06. The van der Waals surface area contributed by atoms with Crippen molar-refractivity contribution in [1.82, 2.24) is 0 Å². The summed E-state index contributed by atoms with van der Waals surface area (Å²) in [7, 11) is 0. The summed E-state index contributed by atoms with van der Waals surface area (Å²) in [6.45, 7) is 2.08. The summed E-state index contributed by atoms with van der Waals surface area (Å²) in [6.07, 6.45) is 0.156. The SMILES string of the molecule is CCc1ccc(C(O)c2cc3cc(F)ccc3o2)s1. The zero-order chi connectivity index (χ0) is 13.4. The van der Waals surface area contributed by atoms with Gasteiger partial charge in [0.1, 0.15) is 23.3 Å². The number of furan rings is 1. The van der Waals surface area contributed by atoms with Gasteiger partial charge in [0.25, 0.3) is 0 Å². The van der Waals surface area contributed by atoms with Crippen LogP contribution in [0.5, 0.6) is 0 Å². The van der Waals surface area contributed by atoms with E-state index in [1.54, 1.807) is 23.5 Å². The number of aliphatic hydroxyl groups excluding tert-OH is 1. The highest BCUT2D eigenvalue weighted by Gasteiger charge is 2.17. The molecule has 0 radical (unpaired) electrons. The van der Waals surface area contributed by atoms with Crippen molar-refractivity contribution in [3.05, 3.63) is 57.7 Å². The van der Waals surface area contributed by atoms with Crippen molar-refractivity contribution in [2.24, 2.45) is 0 Å². The molecule has 3 aromatic rings. The first kappa shape index (κ1) is 12.4. The van der Waals surface area contributed by atoms with E-state index in [-0.39, 0.29) is 5.82 Å². The minimum Gasteiger partial charge on any atom is -0.458 e.